The zero-order valence-corrected chi connectivity index (χ0v) is 8.41. The van der Waals surface area contributed by atoms with E-state index >= 15 is 0 Å². The molecule has 0 aliphatic carbocycles. The van der Waals surface area contributed by atoms with Crippen LogP contribution in [0.4, 0.5) is 0 Å². The Bertz CT molecular complexity index is 329. The molecule has 1 rings (SSSR count). The van der Waals surface area contributed by atoms with Gasteiger partial charge in [-0.3, -0.25) is 4.79 Å². The molecule has 14 heavy (non-hydrogen) atoms. The van der Waals surface area contributed by atoms with E-state index in [1.165, 1.54) is 6.08 Å². The van der Waals surface area contributed by atoms with Crippen molar-refractivity contribution in [1.29, 1.82) is 0 Å². The minimum absolute atomic E-state index is 0.135. The molecule has 0 spiro atoms. The molecule has 0 radical (unpaired) electrons. The van der Waals surface area contributed by atoms with Crippen LogP contribution in [-0.2, 0) is 17.8 Å². The van der Waals surface area contributed by atoms with E-state index in [-0.39, 0.29) is 5.91 Å². The first kappa shape index (κ1) is 10.5. The number of hydrogen-bond acceptors (Lipinski definition) is 3. The third-order valence-corrected chi connectivity index (χ3v) is 1.68. The van der Waals surface area contributed by atoms with Crippen LogP contribution >= 0.6 is 0 Å². The van der Waals surface area contributed by atoms with Gasteiger partial charge in [-0.2, -0.15) is 0 Å². The maximum absolute atomic E-state index is 11.0. The molecule has 1 N–H and O–H groups in total. The first-order chi connectivity index (χ1) is 6.76. The highest BCUT2D eigenvalue weighted by Gasteiger charge is 2.02. The van der Waals surface area contributed by atoms with Crippen molar-refractivity contribution in [2.45, 2.75) is 26.8 Å². The number of aryl methyl sites for hydroxylation is 1. The molecule has 1 aromatic rings. The summed E-state index contributed by atoms with van der Waals surface area (Å²) in [4.78, 5) is 15.0. The maximum Gasteiger partial charge on any atom is 0.244 e. The molecule has 76 valence electrons. The average Bonchev–Trinajstić information content (AvgIpc) is 2.63. The topological polar surface area (TPSA) is 55.1 Å². The van der Waals surface area contributed by atoms with Crippen molar-refractivity contribution >= 4 is 5.91 Å². The molecule has 4 heteroatoms. The van der Waals surface area contributed by atoms with Crippen molar-refractivity contribution in [3.63, 3.8) is 0 Å². The maximum atomic E-state index is 11.0. The summed E-state index contributed by atoms with van der Waals surface area (Å²) in [5.41, 5.74) is 0. The minimum Gasteiger partial charge on any atom is -0.444 e. The van der Waals surface area contributed by atoms with Crippen molar-refractivity contribution in [2.75, 3.05) is 0 Å². The van der Waals surface area contributed by atoms with Gasteiger partial charge in [-0.25, -0.2) is 4.98 Å². The summed E-state index contributed by atoms with van der Waals surface area (Å²) in [6.07, 6.45) is 5.64. The number of amides is 1. The second-order valence-corrected chi connectivity index (χ2v) is 2.79. The fourth-order valence-electron chi connectivity index (χ4n) is 0.966. The third-order valence-electron chi connectivity index (χ3n) is 1.68. The van der Waals surface area contributed by atoms with Crippen LogP contribution in [0.5, 0.6) is 0 Å². The van der Waals surface area contributed by atoms with Crippen LogP contribution in [0.15, 0.2) is 22.8 Å². The van der Waals surface area contributed by atoms with Gasteiger partial charge in [0.2, 0.25) is 11.8 Å². The zero-order chi connectivity index (χ0) is 10.4. The van der Waals surface area contributed by atoms with Crippen molar-refractivity contribution in [1.82, 2.24) is 10.3 Å². The van der Waals surface area contributed by atoms with Gasteiger partial charge in [0.05, 0.1) is 12.7 Å². The van der Waals surface area contributed by atoms with Gasteiger partial charge in [0.15, 0.2) is 0 Å². The van der Waals surface area contributed by atoms with Gasteiger partial charge in [-0.15, -0.1) is 0 Å². The Kier molecular flexibility index (Phi) is 3.91. The van der Waals surface area contributed by atoms with Crippen molar-refractivity contribution in [3.05, 3.63) is 30.0 Å². The van der Waals surface area contributed by atoms with E-state index in [4.69, 9.17) is 4.42 Å². The molecule has 0 fully saturated rings. The van der Waals surface area contributed by atoms with E-state index in [1.54, 1.807) is 19.2 Å². The summed E-state index contributed by atoms with van der Waals surface area (Å²) < 4.78 is 5.31. The normalized spacial score (nSPS) is 10.7. The quantitative estimate of drug-likeness (QED) is 0.738. The first-order valence-electron chi connectivity index (χ1n) is 4.60. The Morgan fingerprint density at radius 3 is 3.07 bits per heavy atom. The number of carbonyl (C=O) groups is 1. The van der Waals surface area contributed by atoms with Crippen molar-refractivity contribution in [2.24, 2.45) is 0 Å². The molecule has 0 saturated heterocycles. The molecular formula is C10H14N2O2. The molecule has 4 nitrogen and oxygen atoms in total. The lowest BCUT2D eigenvalue weighted by atomic mass is 10.4. The number of allylic oxidation sites excluding steroid dienone is 1. The lowest BCUT2D eigenvalue weighted by Gasteiger charge is -1.96. The van der Waals surface area contributed by atoms with Gasteiger partial charge in [-0.05, 0) is 13.0 Å². The van der Waals surface area contributed by atoms with Crippen LogP contribution in [0.3, 0.4) is 0 Å². The van der Waals surface area contributed by atoms with E-state index in [1.807, 2.05) is 6.92 Å². The van der Waals surface area contributed by atoms with Gasteiger partial charge in [0.25, 0.3) is 0 Å². The summed E-state index contributed by atoms with van der Waals surface area (Å²) in [5, 5.41) is 2.66. The summed E-state index contributed by atoms with van der Waals surface area (Å²) in [6, 6.07) is 0. The second kappa shape index (κ2) is 5.21. The zero-order valence-electron chi connectivity index (χ0n) is 8.41. The summed E-state index contributed by atoms with van der Waals surface area (Å²) >= 11 is 0. The predicted octanol–water partition coefficient (Wildman–Crippen LogP) is 1.43. The number of nitrogens with zero attached hydrogens (tertiary/aromatic N) is 1. The molecule has 0 atom stereocenters. The monoisotopic (exact) mass is 194 g/mol. The van der Waals surface area contributed by atoms with E-state index < -0.39 is 0 Å². The summed E-state index contributed by atoms with van der Waals surface area (Å²) in [7, 11) is 0. The van der Waals surface area contributed by atoms with E-state index in [9.17, 15) is 4.79 Å². The molecule has 0 bridgehead atoms. The fourth-order valence-corrected chi connectivity index (χ4v) is 0.966. The van der Waals surface area contributed by atoms with Gasteiger partial charge in [-0.1, -0.05) is 13.0 Å². The van der Waals surface area contributed by atoms with Crippen LogP contribution in [0, 0.1) is 0 Å². The number of carbonyl (C=O) groups excluding carboxylic acids is 1. The van der Waals surface area contributed by atoms with Crippen LogP contribution in [-0.4, -0.2) is 10.9 Å². The smallest absolute Gasteiger partial charge is 0.244 e. The molecule has 0 aliphatic rings. The van der Waals surface area contributed by atoms with Crippen molar-refractivity contribution < 1.29 is 9.21 Å². The number of nitrogens with one attached hydrogen (secondary N) is 1. The molecule has 0 aliphatic heterocycles. The van der Waals surface area contributed by atoms with E-state index in [2.05, 4.69) is 10.3 Å². The fraction of sp³-hybridized carbons (Fsp3) is 0.400. The number of oxazole rings is 1. The SMILES string of the molecule is C/C=C/C(=O)NCc1ncc(CC)o1. The predicted molar refractivity (Wildman–Crippen MR) is 52.5 cm³/mol. The Balaban J connectivity index is 2.41. The first-order valence-corrected chi connectivity index (χ1v) is 4.60. The van der Waals surface area contributed by atoms with Gasteiger partial charge in [0.1, 0.15) is 5.76 Å². The Labute approximate surface area is 83.0 Å². The van der Waals surface area contributed by atoms with Crippen LogP contribution in [0.25, 0.3) is 0 Å². The summed E-state index contributed by atoms with van der Waals surface area (Å²) in [6.45, 7) is 4.12. The van der Waals surface area contributed by atoms with Gasteiger partial charge < -0.3 is 9.73 Å². The van der Waals surface area contributed by atoms with Crippen molar-refractivity contribution in [3.8, 4) is 0 Å². The van der Waals surface area contributed by atoms with Crippen LogP contribution in [0.2, 0.25) is 0 Å². The lowest BCUT2D eigenvalue weighted by molar-refractivity contribution is -0.116. The number of aromatic nitrogens is 1. The molecule has 0 aromatic carbocycles. The van der Waals surface area contributed by atoms with Crippen LogP contribution < -0.4 is 5.32 Å². The second-order valence-electron chi connectivity index (χ2n) is 2.79. The molecule has 0 saturated carbocycles. The molecule has 0 unspecified atom stereocenters. The molecule has 1 amide bonds. The lowest BCUT2D eigenvalue weighted by Crippen LogP contribution is -2.20. The average molecular weight is 194 g/mol. The van der Waals surface area contributed by atoms with Crippen LogP contribution in [0.1, 0.15) is 25.5 Å². The number of rotatable bonds is 4. The van der Waals surface area contributed by atoms with E-state index in [0.717, 1.165) is 12.2 Å². The Morgan fingerprint density at radius 2 is 2.50 bits per heavy atom. The van der Waals surface area contributed by atoms with E-state index in [0.29, 0.717) is 12.4 Å². The minimum atomic E-state index is -0.135. The van der Waals surface area contributed by atoms with Gasteiger partial charge in [0, 0.05) is 6.42 Å². The summed E-state index contributed by atoms with van der Waals surface area (Å²) in [5.74, 6) is 1.24. The molecule has 1 aromatic heterocycles. The number of hydrogen-bond donors (Lipinski definition) is 1. The Morgan fingerprint density at radius 1 is 1.71 bits per heavy atom. The molecule has 1 heterocycles. The molecular weight excluding hydrogens is 180 g/mol. The third kappa shape index (κ3) is 3.05. The highest BCUT2D eigenvalue weighted by atomic mass is 16.4. The Hall–Kier alpha value is -1.58. The standard InChI is InChI=1S/C10H14N2O2/c1-3-5-9(13)11-7-10-12-6-8(4-2)14-10/h3,5-6H,4,7H2,1-2H3,(H,11,13)/b5-3+. The van der Waals surface area contributed by atoms with Gasteiger partial charge >= 0.3 is 0 Å². The highest BCUT2D eigenvalue weighted by molar-refractivity contribution is 5.87. The largest absolute Gasteiger partial charge is 0.444 e. The highest BCUT2D eigenvalue weighted by Crippen LogP contribution is 2.03.